The molecule has 13 heavy (non-hydrogen) atoms. The van der Waals surface area contributed by atoms with Crippen LogP contribution in [0.15, 0.2) is 0 Å². The monoisotopic (exact) mass is 184 g/mol. The molecule has 2 N–H and O–H groups in total. The molecule has 0 saturated carbocycles. The van der Waals surface area contributed by atoms with Gasteiger partial charge < -0.3 is 10.6 Å². The smallest absolute Gasteiger partial charge is 0.225 e. The Bertz CT molecular complexity index is 183. The SMILES string of the molecule is CNC(=O)C(C)(C)C1CCCNC1. The van der Waals surface area contributed by atoms with E-state index in [0.717, 1.165) is 19.5 Å². The van der Waals surface area contributed by atoms with Crippen LogP contribution in [0.25, 0.3) is 0 Å². The number of nitrogens with one attached hydrogen (secondary N) is 2. The average Bonchev–Trinajstić information content (AvgIpc) is 2.18. The summed E-state index contributed by atoms with van der Waals surface area (Å²) in [5, 5.41) is 6.08. The first kappa shape index (κ1) is 10.5. The third-order valence-corrected chi connectivity index (χ3v) is 3.13. The highest BCUT2D eigenvalue weighted by atomic mass is 16.2. The lowest BCUT2D eigenvalue weighted by molar-refractivity contribution is -0.132. The fraction of sp³-hybridized carbons (Fsp3) is 0.900. The lowest BCUT2D eigenvalue weighted by atomic mass is 9.74. The Kier molecular flexibility index (Phi) is 3.31. The van der Waals surface area contributed by atoms with Gasteiger partial charge >= 0.3 is 0 Å². The molecule has 1 atom stereocenters. The van der Waals surface area contributed by atoms with Crippen molar-refractivity contribution in [3.05, 3.63) is 0 Å². The lowest BCUT2D eigenvalue weighted by Crippen LogP contribution is -2.46. The van der Waals surface area contributed by atoms with Crippen LogP contribution in [0.1, 0.15) is 26.7 Å². The fourth-order valence-electron chi connectivity index (χ4n) is 1.98. The number of carbonyl (C=O) groups excluding carboxylic acids is 1. The van der Waals surface area contributed by atoms with E-state index in [-0.39, 0.29) is 11.3 Å². The Hall–Kier alpha value is -0.570. The first-order valence-corrected chi connectivity index (χ1v) is 5.02. The van der Waals surface area contributed by atoms with Gasteiger partial charge in [0, 0.05) is 12.5 Å². The van der Waals surface area contributed by atoms with Gasteiger partial charge in [0.05, 0.1) is 0 Å². The van der Waals surface area contributed by atoms with Crippen LogP contribution in [0.3, 0.4) is 0 Å². The van der Waals surface area contributed by atoms with E-state index in [1.807, 2.05) is 13.8 Å². The van der Waals surface area contributed by atoms with E-state index in [2.05, 4.69) is 10.6 Å². The molecule has 1 saturated heterocycles. The van der Waals surface area contributed by atoms with E-state index in [1.54, 1.807) is 7.05 Å². The number of piperidine rings is 1. The summed E-state index contributed by atoms with van der Waals surface area (Å²) in [7, 11) is 1.71. The highest BCUT2D eigenvalue weighted by Gasteiger charge is 2.36. The molecule has 0 aliphatic carbocycles. The van der Waals surface area contributed by atoms with Crippen LogP contribution in [0.5, 0.6) is 0 Å². The minimum Gasteiger partial charge on any atom is -0.359 e. The molecule has 0 spiro atoms. The molecule has 0 aromatic rings. The van der Waals surface area contributed by atoms with Crippen LogP contribution in [-0.4, -0.2) is 26.0 Å². The first-order chi connectivity index (χ1) is 6.09. The second-order valence-electron chi connectivity index (χ2n) is 4.34. The average molecular weight is 184 g/mol. The van der Waals surface area contributed by atoms with Gasteiger partial charge in [-0.2, -0.15) is 0 Å². The summed E-state index contributed by atoms with van der Waals surface area (Å²) < 4.78 is 0. The number of hydrogen-bond donors (Lipinski definition) is 2. The zero-order valence-electron chi connectivity index (χ0n) is 8.81. The van der Waals surface area contributed by atoms with Crippen LogP contribution < -0.4 is 10.6 Å². The molecule has 0 aromatic carbocycles. The zero-order chi connectivity index (χ0) is 9.90. The van der Waals surface area contributed by atoms with Gasteiger partial charge in [0.2, 0.25) is 5.91 Å². The Balaban J connectivity index is 2.60. The minimum atomic E-state index is -0.234. The summed E-state index contributed by atoms with van der Waals surface area (Å²) in [6.07, 6.45) is 2.35. The van der Waals surface area contributed by atoms with Crippen LogP contribution >= 0.6 is 0 Å². The summed E-state index contributed by atoms with van der Waals surface area (Å²) in [5.74, 6) is 0.627. The molecular weight excluding hydrogens is 164 g/mol. The summed E-state index contributed by atoms with van der Waals surface area (Å²) in [6, 6.07) is 0. The van der Waals surface area contributed by atoms with E-state index >= 15 is 0 Å². The fourth-order valence-corrected chi connectivity index (χ4v) is 1.98. The van der Waals surface area contributed by atoms with E-state index in [1.165, 1.54) is 6.42 Å². The van der Waals surface area contributed by atoms with Crippen LogP contribution in [0, 0.1) is 11.3 Å². The van der Waals surface area contributed by atoms with Crippen molar-refractivity contribution in [1.29, 1.82) is 0 Å². The largest absolute Gasteiger partial charge is 0.359 e. The zero-order valence-corrected chi connectivity index (χ0v) is 8.81. The number of carbonyl (C=O) groups is 1. The Labute approximate surface area is 80.3 Å². The third kappa shape index (κ3) is 2.21. The van der Waals surface area contributed by atoms with E-state index in [0.29, 0.717) is 5.92 Å². The molecule has 1 aliphatic rings. The van der Waals surface area contributed by atoms with Crippen molar-refractivity contribution in [3.63, 3.8) is 0 Å². The maximum atomic E-state index is 11.6. The molecule has 0 bridgehead atoms. The van der Waals surface area contributed by atoms with Crippen molar-refractivity contribution in [2.75, 3.05) is 20.1 Å². The summed E-state index contributed by atoms with van der Waals surface area (Å²) in [6.45, 7) is 6.13. The molecular formula is C10H20N2O. The van der Waals surface area contributed by atoms with Crippen LogP contribution in [-0.2, 0) is 4.79 Å². The van der Waals surface area contributed by atoms with Crippen molar-refractivity contribution in [1.82, 2.24) is 10.6 Å². The number of amides is 1. The number of hydrogen-bond acceptors (Lipinski definition) is 2. The maximum absolute atomic E-state index is 11.6. The highest BCUT2D eigenvalue weighted by molar-refractivity contribution is 5.81. The van der Waals surface area contributed by atoms with Crippen molar-refractivity contribution < 1.29 is 4.79 Å². The number of rotatable bonds is 2. The van der Waals surface area contributed by atoms with Crippen molar-refractivity contribution >= 4 is 5.91 Å². The quantitative estimate of drug-likeness (QED) is 0.665. The third-order valence-electron chi connectivity index (χ3n) is 3.13. The Morgan fingerprint density at radius 3 is 2.69 bits per heavy atom. The molecule has 1 rings (SSSR count). The molecule has 3 heteroatoms. The second kappa shape index (κ2) is 4.09. The molecule has 1 fully saturated rings. The molecule has 0 radical (unpaired) electrons. The summed E-state index contributed by atoms with van der Waals surface area (Å²) in [5.41, 5.74) is -0.234. The van der Waals surface area contributed by atoms with Gasteiger partial charge in [-0.3, -0.25) is 4.79 Å². The molecule has 3 nitrogen and oxygen atoms in total. The van der Waals surface area contributed by atoms with Crippen LogP contribution in [0.4, 0.5) is 0 Å². The summed E-state index contributed by atoms with van der Waals surface area (Å²) >= 11 is 0. The van der Waals surface area contributed by atoms with E-state index in [4.69, 9.17) is 0 Å². The standard InChI is InChI=1S/C10H20N2O/c1-10(2,9(13)11-3)8-5-4-6-12-7-8/h8,12H,4-7H2,1-3H3,(H,11,13). The van der Waals surface area contributed by atoms with E-state index < -0.39 is 0 Å². The van der Waals surface area contributed by atoms with E-state index in [9.17, 15) is 4.79 Å². The first-order valence-electron chi connectivity index (χ1n) is 5.02. The van der Waals surface area contributed by atoms with Gasteiger partial charge in [0.25, 0.3) is 0 Å². The van der Waals surface area contributed by atoms with Gasteiger partial charge in [-0.25, -0.2) is 0 Å². The predicted molar refractivity (Wildman–Crippen MR) is 53.4 cm³/mol. The van der Waals surface area contributed by atoms with Gasteiger partial charge in [0.1, 0.15) is 0 Å². The molecule has 0 aromatic heterocycles. The topological polar surface area (TPSA) is 41.1 Å². The molecule has 1 heterocycles. The van der Waals surface area contributed by atoms with Gasteiger partial charge in [0.15, 0.2) is 0 Å². The molecule has 1 amide bonds. The van der Waals surface area contributed by atoms with Gasteiger partial charge in [-0.15, -0.1) is 0 Å². The van der Waals surface area contributed by atoms with Crippen LogP contribution in [0.2, 0.25) is 0 Å². The normalized spacial score (nSPS) is 24.1. The van der Waals surface area contributed by atoms with Gasteiger partial charge in [-0.05, 0) is 31.8 Å². The minimum absolute atomic E-state index is 0.154. The maximum Gasteiger partial charge on any atom is 0.225 e. The predicted octanol–water partition coefficient (Wildman–Crippen LogP) is 0.758. The molecule has 1 unspecified atom stereocenters. The van der Waals surface area contributed by atoms with Crippen molar-refractivity contribution in [2.24, 2.45) is 11.3 Å². The summed E-state index contributed by atoms with van der Waals surface area (Å²) in [4.78, 5) is 11.6. The lowest BCUT2D eigenvalue weighted by Gasteiger charge is -2.35. The Morgan fingerprint density at radius 2 is 2.23 bits per heavy atom. The molecule has 76 valence electrons. The van der Waals surface area contributed by atoms with Gasteiger partial charge in [-0.1, -0.05) is 13.8 Å². The van der Waals surface area contributed by atoms with Crippen molar-refractivity contribution in [3.8, 4) is 0 Å². The highest BCUT2D eigenvalue weighted by Crippen LogP contribution is 2.31. The molecule has 1 aliphatic heterocycles. The second-order valence-corrected chi connectivity index (χ2v) is 4.34. The van der Waals surface area contributed by atoms with Crippen molar-refractivity contribution in [2.45, 2.75) is 26.7 Å². The Morgan fingerprint density at radius 1 is 1.54 bits per heavy atom.